The first-order chi connectivity index (χ1) is 9.25. The molecule has 1 fully saturated rings. The summed E-state index contributed by atoms with van der Waals surface area (Å²) in [4.78, 5) is 14.3. The lowest BCUT2D eigenvalue weighted by Crippen LogP contribution is -2.41. The van der Waals surface area contributed by atoms with Crippen molar-refractivity contribution >= 4 is 5.91 Å². The van der Waals surface area contributed by atoms with Gasteiger partial charge in [0.2, 0.25) is 5.91 Å². The van der Waals surface area contributed by atoms with Gasteiger partial charge in [0.1, 0.15) is 0 Å². The number of piperidine rings is 1. The molecule has 0 unspecified atom stereocenters. The van der Waals surface area contributed by atoms with Gasteiger partial charge in [-0.3, -0.25) is 4.79 Å². The smallest absolute Gasteiger partial charge is 0.224 e. The zero-order valence-corrected chi connectivity index (χ0v) is 11.8. The maximum absolute atomic E-state index is 12.0. The first kappa shape index (κ1) is 14.1. The van der Waals surface area contributed by atoms with E-state index in [9.17, 15) is 4.79 Å². The van der Waals surface area contributed by atoms with Gasteiger partial charge in [-0.2, -0.15) is 0 Å². The lowest BCUT2D eigenvalue weighted by Gasteiger charge is -2.28. The molecule has 1 saturated heterocycles. The molecule has 1 atom stereocenters. The lowest BCUT2D eigenvalue weighted by atomic mass is 9.97. The van der Waals surface area contributed by atoms with E-state index >= 15 is 0 Å². The molecule has 2 rings (SSSR count). The fraction of sp³-hybridized carbons (Fsp3) is 0.562. The SMILES string of the molecule is CN1CCC[C@H](C(=O)NCCCc2ccccc2)C1. The van der Waals surface area contributed by atoms with Crippen LogP contribution in [0, 0.1) is 5.92 Å². The van der Waals surface area contributed by atoms with Crippen molar-refractivity contribution in [1.29, 1.82) is 0 Å². The largest absolute Gasteiger partial charge is 0.356 e. The summed E-state index contributed by atoms with van der Waals surface area (Å²) in [5.41, 5.74) is 1.34. The Hall–Kier alpha value is -1.35. The van der Waals surface area contributed by atoms with Crippen LogP contribution in [-0.2, 0) is 11.2 Å². The Labute approximate surface area is 116 Å². The van der Waals surface area contributed by atoms with Crippen molar-refractivity contribution < 1.29 is 4.79 Å². The van der Waals surface area contributed by atoms with E-state index in [1.165, 1.54) is 5.56 Å². The standard InChI is InChI=1S/C16H24N2O/c1-18-12-6-10-15(13-18)16(19)17-11-5-9-14-7-3-2-4-8-14/h2-4,7-8,15H,5-6,9-13H2,1H3,(H,17,19)/t15-/m0/s1. The number of amides is 1. The summed E-state index contributed by atoms with van der Waals surface area (Å²) < 4.78 is 0. The number of rotatable bonds is 5. The maximum Gasteiger partial charge on any atom is 0.224 e. The second-order valence-corrected chi connectivity index (χ2v) is 5.48. The Morgan fingerprint density at radius 1 is 1.37 bits per heavy atom. The third kappa shape index (κ3) is 4.67. The van der Waals surface area contributed by atoms with Crippen molar-refractivity contribution in [3.63, 3.8) is 0 Å². The highest BCUT2D eigenvalue weighted by Crippen LogP contribution is 2.14. The molecule has 0 bridgehead atoms. The van der Waals surface area contributed by atoms with E-state index in [-0.39, 0.29) is 11.8 Å². The Balaban J connectivity index is 1.64. The predicted octanol–water partition coefficient (Wildman–Crippen LogP) is 2.08. The number of carbonyl (C=O) groups is 1. The fourth-order valence-corrected chi connectivity index (χ4v) is 2.67. The topological polar surface area (TPSA) is 32.3 Å². The molecule has 19 heavy (non-hydrogen) atoms. The number of carbonyl (C=O) groups excluding carboxylic acids is 1. The minimum Gasteiger partial charge on any atom is -0.356 e. The zero-order valence-electron chi connectivity index (χ0n) is 11.8. The summed E-state index contributed by atoms with van der Waals surface area (Å²) in [6.07, 6.45) is 4.22. The Morgan fingerprint density at radius 2 is 2.16 bits per heavy atom. The van der Waals surface area contributed by atoms with Crippen LogP contribution in [0.5, 0.6) is 0 Å². The van der Waals surface area contributed by atoms with Gasteiger partial charge in [-0.25, -0.2) is 0 Å². The predicted molar refractivity (Wildman–Crippen MR) is 78.0 cm³/mol. The Bertz CT molecular complexity index is 391. The summed E-state index contributed by atoms with van der Waals surface area (Å²) >= 11 is 0. The average molecular weight is 260 g/mol. The summed E-state index contributed by atoms with van der Waals surface area (Å²) in [7, 11) is 2.09. The number of nitrogens with zero attached hydrogens (tertiary/aromatic N) is 1. The molecular formula is C16H24N2O. The van der Waals surface area contributed by atoms with Crippen LogP contribution in [0.1, 0.15) is 24.8 Å². The molecule has 1 N–H and O–H groups in total. The van der Waals surface area contributed by atoms with Crippen LogP contribution in [0.4, 0.5) is 0 Å². The van der Waals surface area contributed by atoms with E-state index in [1.807, 2.05) is 6.07 Å². The van der Waals surface area contributed by atoms with Gasteiger partial charge < -0.3 is 10.2 Å². The summed E-state index contributed by atoms with van der Waals surface area (Å²) in [6, 6.07) is 10.4. The molecule has 104 valence electrons. The van der Waals surface area contributed by atoms with Crippen LogP contribution in [-0.4, -0.2) is 37.5 Å². The average Bonchev–Trinajstić information content (AvgIpc) is 2.44. The van der Waals surface area contributed by atoms with E-state index < -0.39 is 0 Å². The number of aryl methyl sites for hydroxylation is 1. The summed E-state index contributed by atoms with van der Waals surface area (Å²) in [5.74, 6) is 0.426. The van der Waals surface area contributed by atoms with Crippen molar-refractivity contribution in [2.24, 2.45) is 5.92 Å². The monoisotopic (exact) mass is 260 g/mol. The second-order valence-electron chi connectivity index (χ2n) is 5.48. The van der Waals surface area contributed by atoms with Crippen LogP contribution in [0.2, 0.25) is 0 Å². The Morgan fingerprint density at radius 3 is 2.89 bits per heavy atom. The molecule has 3 nitrogen and oxygen atoms in total. The lowest BCUT2D eigenvalue weighted by molar-refractivity contribution is -0.126. The third-order valence-electron chi connectivity index (χ3n) is 3.78. The molecule has 1 aromatic rings. The summed E-state index contributed by atoms with van der Waals surface area (Å²) in [5, 5.41) is 3.08. The molecule has 0 radical (unpaired) electrons. The molecule has 1 heterocycles. The quantitative estimate of drug-likeness (QED) is 0.822. The van der Waals surface area contributed by atoms with E-state index in [4.69, 9.17) is 0 Å². The van der Waals surface area contributed by atoms with E-state index in [2.05, 4.69) is 41.5 Å². The molecule has 1 aromatic carbocycles. The molecular weight excluding hydrogens is 236 g/mol. The molecule has 0 spiro atoms. The van der Waals surface area contributed by atoms with Crippen LogP contribution in [0.25, 0.3) is 0 Å². The van der Waals surface area contributed by atoms with Crippen LogP contribution < -0.4 is 5.32 Å². The van der Waals surface area contributed by atoms with Gasteiger partial charge in [0, 0.05) is 13.1 Å². The van der Waals surface area contributed by atoms with E-state index in [1.54, 1.807) is 0 Å². The zero-order chi connectivity index (χ0) is 13.5. The van der Waals surface area contributed by atoms with Crippen molar-refractivity contribution in [3.05, 3.63) is 35.9 Å². The highest BCUT2D eigenvalue weighted by molar-refractivity contribution is 5.78. The van der Waals surface area contributed by atoms with Gasteiger partial charge >= 0.3 is 0 Å². The molecule has 0 saturated carbocycles. The molecule has 1 aliphatic heterocycles. The number of nitrogens with one attached hydrogen (secondary N) is 1. The fourth-order valence-electron chi connectivity index (χ4n) is 2.67. The van der Waals surface area contributed by atoms with Crippen molar-refractivity contribution in [2.75, 3.05) is 26.7 Å². The van der Waals surface area contributed by atoms with Gasteiger partial charge in [-0.1, -0.05) is 30.3 Å². The normalized spacial score (nSPS) is 20.2. The van der Waals surface area contributed by atoms with Crippen LogP contribution in [0.3, 0.4) is 0 Å². The Kier molecular flexibility index (Phi) is 5.40. The van der Waals surface area contributed by atoms with Crippen LogP contribution in [0.15, 0.2) is 30.3 Å². The van der Waals surface area contributed by atoms with E-state index in [0.29, 0.717) is 0 Å². The first-order valence-corrected chi connectivity index (χ1v) is 7.26. The number of hydrogen-bond donors (Lipinski definition) is 1. The maximum atomic E-state index is 12.0. The van der Waals surface area contributed by atoms with Gasteiger partial charge in [-0.15, -0.1) is 0 Å². The molecule has 1 amide bonds. The molecule has 1 aliphatic rings. The van der Waals surface area contributed by atoms with Crippen LogP contribution >= 0.6 is 0 Å². The first-order valence-electron chi connectivity index (χ1n) is 7.26. The molecule has 3 heteroatoms. The van der Waals surface area contributed by atoms with Crippen molar-refractivity contribution in [1.82, 2.24) is 10.2 Å². The highest BCUT2D eigenvalue weighted by atomic mass is 16.1. The molecule has 0 aromatic heterocycles. The van der Waals surface area contributed by atoms with Gasteiger partial charge in [0.25, 0.3) is 0 Å². The number of likely N-dealkylation sites (tertiary alicyclic amines) is 1. The summed E-state index contributed by atoms with van der Waals surface area (Å²) in [6.45, 7) is 2.82. The third-order valence-corrected chi connectivity index (χ3v) is 3.78. The van der Waals surface area contributed by atoms with Crippen molar-refractivity contribution in [2.45, 2.75) is 25.7 Å². The second kappa shape index (κ2) is 7.29. The van der Waals surface area contributed by atoms with Gasteiger partial charge in [-0.05, 0) is 44.8 Å². The highest BCUT2D eigenvalue weighted by Gasteiger charge is 2.23. The van der Waals surface area contributed by atoms with E-state index in [0.717, 1.165) is 45.3 Å². The van der Waals surface area contributed by atoms with Gasteiger partial charge in [0.15, 0.2) is 0 Å². The molecule has 0 aliphatic carbocycles. The number of benzene rings is 1. The number of hydrogen-bond acceptors (Lipinski definition) is 2. The minimum absolute atomic E-state index is 0.190. The minimum atomic E-state index is 0.190. The van der Waals surface area contributed by atoms with Crippen molar-refractivity contribution in [3.8, 4) is 0 Å². The van der Waals surface area contributed by atoms with Gasteiger partial charge in [0.05, 0.1) is 5.92 Å².